The minimum Gasteiger partial charge on any atom is -0.303 e. The summed E-state index contributed by atoms with van der Waals surface area (Å²) in [6, 6.07) is 0. The van der Waals surface area contributed by atoms with Crippen LogP contribution in [0.4, 0.5) is 0 Å². The molecule has 50 valence electrons. The molecule has 0 aromatic heterocycles. The fourth-order valence-corrected chi connectivity index (χ4v) is 0.883. The van der Waals surface area contributed by atoms with E-state index in [0.717, 1.165) is 25.5 Å². The van der Waals surface area contributed by atoms with E-state index in [0.29, 0.717) is 0 Å². The Balaban J connectivity index is 2.33. The summed E-state index contributed by atoms with van der Waals surface area (Å²) in [5.74, 6) is 0. The van der Waals surface area contributed by atoms with Crippen LogP contribution in [-0.2, 0) is 4.79 Å². The van der Waals surface area contributed by atoms with Gasteiger partial charge in [0.05, 0.1) is 0 Å². The van der Waals surface area contributed by atoms with Crippen LogP contribution >= 0.6 is 0 Å². The van der Waals surface area contributed by atoms with Gasteiger partial charge in [0.2, 0.25) is 0 Å². The Morgan fingerprint density at radius 1 is 1.56 bits per heavy atom. The summed E-state index contributed by atoms with van der Waals surface area (Å²) in [7, 11) is 0. The van der Waals surface area contributed by atoms with E-state index < -0.39 is 0 Å². The van der Waals surface area contributed by atoms with E-state index in [4.69, 9.17) is 0 Å². The molecule has 0 bridgehead atoms. The summed E-state index contributed by atoms with van der Waals surface area (Å²) >= 11 is 0. The van der Waals surface area contributed by atoms with Gasteiger partial charge in [0.15, 0.2) is 0 Å². The van der Waals surface area contributed by atoms with Crippen LogP contribution in [-0.4, -0.2) is 6.29 Å². The van der Waals surface area contributed by atoms with Crippen LogP contribution in [0, 0.1) is 5.41 Å². The average molecular weight is 124 g/mol. The molecule has 0 aliphatic heterocycles. The molecule has 0 amide bonds. The van der Waals surface area contributed by atoms with Crippen LogP contribution in [0.15, 0.2) is 12.2 Å². The summed E-state index contributed by atoms with van der Waals surface area (Å²) in [5.41, 5.74) is 0.0759. The van der Waals surface area contributed by atoms with Gasteiger partial charge in [0, 0.05) is 5.41 Å². The first-order chi connectivity index (χ1) is 4.33. The number of aldehydes is 1. The van der Waals surface area contributed by atoms with E-state index >= 15 is 0 Å². The lowest BCUT2D eigenvalue weighted by Crippen LogP contribution is -1.98. The van der Waals surface area contributed by atoms with E-state index in [1.54, 1.807) is 0 Å². The van der Waals surface area contributed by atoms with E-state index in [9.17, 15) is 4.79 Å². The summed E-state index contributed by atoms with van der Waals surface area (Å²) in [5, 5.41) is 0. The normalized spacial score (nSPS) is 22.3. The molecule has 0 aromatic rings. The lowest BCUT2D eigenvalue weighted by molar-refractivity contribution is -0.112. The Morgan fingerprint density at radius 2 is 2.22 bits per heavy atom. The molecule has 1 rings (SSSR count). The first-order valence-corrected chi connectivity index (χ1v) is 3.40. The standard InChI is InChI=1S/C8H12O/c1-2-3-4-8(7-9)5-6-8/h2-3,7H,4-6H2,1H3/b3-2+. The average Bonchev–Trinajstić information content (AvgIpc) is 2.65. The molecule has 0 radical (unpaired) electrons. The number of carbonyl (C=O) groups is 1. The van der Waals surface area contributed by atoms with Crippen molar-refractivity contribution < 1.29 is 4.79 Å². The molecule has 0 spiro atoms. The van der Waals surface area contributed by atoms with E-state index in [2.05, 4.69) is 6.08 Å². The topological polar surface area (TPSA) is 17.1 Å². The SMILES string of the molecule is C/C=C/CC1(C=O)CC1. The number of allylic oxidation sites excluding steroid dienone is 2. The van der Waals surface area contributed by atoms with Crippen LogP contribution in [0.25, 0.3) is 0 Å². The highest BCUT2D eigenvalue weighted by Gasteiger charge is 2.40. The minimum atomic E-state index is 0.0759. The highest BCUT2D eigenvalue weighted by Crippen LogP contribution is 2.46. The molecule has 0 N–H and O–H groups in total. The number of rotatable bonds is 3. The van der Waals surface area contributed by atoms with Gasteiger partial charge in [-0.2, -0.15) is 0 Å². The predicted octanol–water partition coefficient (Wildman–Crippen LogP) is 1.93. The second-order valence-electron chi connectivity index (χ2n) is 2.75. The van der Waals surface area contributed by atoms with Crippen molar-refractivity contribution in [1.29, 1.82) is 0 Å². The Kier molecular flexibility index (Phi) is 1.70. The zero-order valence-corrected chi connectivity index (χ0v) is 5.76. The number of carbonyl (C=O) groups excluding carboxylic acids is 1. The fourth-order valence-electron chi connectivity index (χ4n) is 0.883. The lowest BCUT2D eigenvalue weighted by atomic mass is 10.1. The molecule has 1 aliphatic carbocycles. The highest BCUT2D eigenvalue weighted by molar-refractivity contribution is 5.63. The van der Waals surface area contributed by atoms with Crippen molar-refractivity contribution in [2.45, 2.75) is 26.2 Å². The second-order valence-corrected chi connectivity index (χ2v) is 2.75. The van der Waals surface area contributed by atoms with Gasteiger partial charge in [-0.05, 0) is 26.2 Å². The molecule has 0 saturated heterocycles. The maximum atomic E-state index is 10.4. The third-order valence-corrected chi connectivity index (χ3v) is 1.90. The van der Waals surface area contributed by atoms with Crippen molar-refractivity contribution in [3.05, 3.63) is 12.2 Å². The van der Waals surface area contributed by atoms with Crippen molar-refractivity contribution in [1.82, 2.24) is 0 Å². The third kappa shape index (κ3) is 1.41. The third-order valence-electron chi connectivity index (χ3n) is 1.90. The summed E-state index contributed by atoms with van der Waals surface area (Å²) in [6.07, 6.45) is 8.33. The van der Waals surface area contributed by atoms with Gasteiger partial charge in [-0.3, -0.25) is 0 Å². The van der Waals surface area contributed by atoms with Crippen LogP contribution in [0.3, 0.4) is 0 Å². The molecule has 0 unspecified atom stereocenters. The Labute approximate surface area is 55.8 Å². The van der Waals surface area contributed by atoms with Crippen molar-refractivity contribution >= 4 is 6.29 Å². The zero-order valence-electron chi connectivity index (χ0n) is 5.76. The van der Waals surface area contributed by atoms with Crippen molar-refractivity contribution in [3.8, 4) is 0 Å². The van der Waals surface area contributed by atoms with Gasteiger partial charge >= 0.3 is 0 Å². The molecular formula is C8H12O. The van der Waals surface area contributed by atoms with Gasteiger partial charge in [-0.1, -0.05) is 12.2 Å². The van der Waals surface area contributed by atoms with E-state index in [-0.39, 0.29) is 5.41 Å². The maximum absolute atomic E-state index is 10.4. The summed E-state index contributed by atoms with van der Waals surface area (Å²) in [4.78, 5) is 10.4. The quantitative estimate of drug-likeness (QED) is 0.415. The van der Waals surface area contributed by atoms with Crippen LogP contribution in [0.2, 0.25) is 0 Å². The molecular weight excluding hydrogens is 112 g/mol. The fraction of sp³-hybridized carbons (Fsp3) is 0.625. The zero-order chi connectivity index (χ0) is 6.74. The van der Waals surface area contributed by atoms with Crippen molar-refractivity contribution in [2.75, 3.05) is 0 Å². The molecule has 1 heteroatoms. The second kappa shape index (κ2) is 2.34. The largest absolute Gasteiger partial charge is 0.303 e. The summed E-state index contributed by atoms with van der Waals surface area (Å²) < 4.78 is 0. The number of hydrogen-bond donors (Lipinski definition) is 0. The predicted molar refractivity (Wildman–Crippen MR) is 37.2 cm³/mol. The van der Waals surface area contributed by atoms with Gasteiger partial charge in [-0.15, -0.1) is 0 Å². The van der Waals surface area contributed by atoms with Crippen LogP contribution < -0.4 is 0 Å². The Morgan fingerprint density at radius 3 is 2.56 bits per heavy atom. The van der Waals surface area contributed by atoms with Crippen molar-refractivity contribution in [3.63, 3.8) is 0 Å². The van der Waals surface area contributed by atoms with Gasteiger partial charge in [0.25, 0.3) is 0 Å². The monoisotopic (exact) mass is 124 g/mol. The highest BCUT2D eigenvalue weighted by atomic mass is 16.1. The summed E-state index contributed by atoms with van der Waals surface area (Å²) in [6.45, 7) is 1.99. The van der Waals surface area contributed by atoms with Crippen LogP contribution in [0.1, 0.15) is 26.2 Å². The van der Waals surface area contributed by atoms with Crippen molar-refractivity contribution in [2.24, 2.45) is 5.41 Å². The lowest BCUT2D eigenvalue weighted by Gasteiger charge is -1.98. The van der Waals surface area contributed by atoms with Gasteiger partial charge in [0.1, 0.15) is 6.29 Å². The first-order valence-electron chi connectivity index (χ1n) is 3.40. The van der Waals surface area contributed by atoms with Gasteiger partial charge in [-0.25, -0.2) is 0 Å². The molecule has 1 aliphatic rings. The minimum absolute atomic E-state index is 0.0759. The van der Waals surface area contributed by atoms with Gasteiger partial charge < -0.3 is 4.79 Å². The molecule has 0 heterocycles. The molecule has 1 nitrogen and oxygen atoms in total. The number of hydrogen-bond acceptors (Lipinski definition) is 1. The Bertz CT molecular complexity index is 132. The molecule has 0 atom stereocenters. The maximum Gasteiger partial charge on any atom is 0.126 e. The molecule has 1 fully saturated rings. The molecule has 9 heavy (non-hydrogen) atoms. The smallest absolute Gasteiger partial charge is 0.126 e. The van der Waals surface area contributed by atoms with E-state index in [1.807, 2.05) is 13.0 Å². The molecule has 0 aromatic carbocycles. The first kappa shape index (κ1) is 6.53. The Hall–Kier alpha value is -0.590. The van der Waals surface area contributed by atoms with Crippen LogP contribution in [0.5, 0.6) is 0 Å². The molecule has 1 saturated carbocycles. The van der Waals surface area contributed by atoms with E-state index in [1.165, 1.54) is 0 Å².